The minimum Gasteiger partial charge on any atom is -0.496 e. The SMILES string of the molecule is COc1cccc(Cl)c1CNc1ncc(Cl)cc1F. The lowest BCUT2D eigenvalue weighted by Crippen LogP contribution is -2.05. The van der Waals surface area contributed by atoms with E-state index in [4.69, 9.17) is 27.9 Å². The molecule has 0 aliphatic heterocycles. The summed E-state index contributed by atoms with van der Waals surface area (Å²) in [6, 6.07) is 6.51. The molecule has 100 valence electrons. The van der Waals surface area contributed by atoms with Crippen molar-refractivity contribution < 1.29 is 9.13 Å². The van der Waals surface area contributed by atoms with Gasteiger partial charge in [-0.3, -0.25) is 0 Å². The molecule has 1 aromatic carbocycles. The predicted molar refractivity (Wildman–Crippen MR) is 74.5 cm³/mol. The molecule has 0 bridgehead atoms. The van der Waals surface area contributed by atoms with Gasteiger partial charge in [0.05, 0.1) is 12.1 Å². The lowest BCUT2D eigenvalue weighted by Gasteiger charge is -2.12. The molecule has 1 heterocycles. The first-order chi connectivity index (χ1) is 9.11. The fourth-order valence-electron chi connectivity index (χ4n) is 1.62. The van der Waals surface area contributed by atoms with E-state index in [2.05, 4.69) is 10.3 Å². The van der Waals surface area contributed by atoms with Crippen LogP contribution in [0.1, 0.15) is 5.56 Å². The van der Waals surface area contributed by atoms with Gasteiger partial charge in [0.15, 0.2) is 11.6 Å². The Morgan fingerprint density at radius 2 is 2.16 bits per heavy atom. The highest BCUT2D eigenvalue weighted by molar-refractivity contribution is 6.31. The van der Waals surface area contributed by atoms with Crippen molar-refractivity contribution in [3.8, 4) is 5.75 Å². The Labute approximate surface area is 120 Å². The number of ether oxygens (including phenoxy) is 1. The van der Waals surface area contributed by atoms with Crippen molar-refractivity contribution in [1.29, 1.82) is 0 Å². The van der Waals surface area contributed by atoms with E-state index in [0.29, 0.717) is 17.3 Å². The van der Waals surface area contributed by atoms with Crippen LogP contribution in [0, 0.1) is 5.82 Å². The molecule has 3 nitrogen and oxygen atoms in total. The van der Waals surface area contributed by atoms with E-state index in [1.807, 2.05) is 0 Å². The van der Waals surface area contributed by atoms with Crippen LogP contribution < -0.4 is 10.1 Å². The zero-order chi connectivity index (χ0) is 13.8. The third-order valence-corrected chi connectivity index (χ3v) is 3.10. The highest BCUT2D eigenvalue weighted by atomic mass is 35.5. The van der Waals surface area contributed by atoms with Gasteiger partial charge in [-0.05, 0) is 18.2 Å². The summed E-state index contributed by atoms with van der Waals surface area (Å²) in [5.41, 5.74) is 0.739. The minimum absolute atomic E-state index is 0.117. The van der Waals surface area contributed by atoms with Crippen LogP contribution in [-0.2, 0) is 6.54 Å². The lowest BCUT2D eigenvalue weighted by molar-refractivity contribution is 0.410. The average molecular weight is 301 g/mol. The van der Waals surface area contributed by atoms with E-state index in [1.165, 1.54) is 12.3 Å². The molecule has 0 radical (unpaired) electrons. The van der Waals surface area contributed by atoms with Gasteiger partial charge in [-0.2, -0.15) is 0 Å². The maximum absolute atomic E-state index is 13.6. The van der Waals surface area contributed by atoms with Gasteiger partial charge in [0.1, 0.15) is 5.75 Å². The summed E-state index contributed by atoms with van der Waals surface area (Å²) in [5, 5.41) is 3.65. The molecule has 0 atom stereocenters. The van der Waals surface area contributed by atoms with Crippen molar-refractivity contribution in [3.63, 3.8) is 0 Å². The number of rotatable bonds is 4. The molecular weight excluding hydrogens is 290 g/mol. The van der Waals surface area contributed by atoms with Gasteiger partial charge in [-0.15, -0.1) is 0 Å². The summed E-state index contributed by atoms with van der Waals surface area (Å²) >= 11 is 11.7. The number of methoxy groups -OCH3 is 1. The topological polar surface area (TPSA) is 34.1 Å². The van der Waals surface area contributed by atoms with E-state index in [0.717, 1.165) is 5.56 Å². The van der Waals surface area contributed by atoms with Crippen LogP contribution in [0.3, 0.4) is 0 Å². The first-order valence-electron chi connectivity index (χ1n) is 5.48. The fraction of sp³-hybridized carbons (Fsp3) is 0.154. The number of halogens is 3. The maximum Gasteiger partial charge on any atom is 0.166 e. The van der Waals surface area contributed by atoms with Crippen molar-refractivity contribution in [2.75, 3.05) is 12.4 Å². The molecule has 2 rings (SSSR count). The molecule has 1 aromatic heterocycles. The monoisotopic (exact) mass is 300 g/mol. The highest BCUT2D eigenvalue weighted by Crippen LogP contribution is 2.27. The molecule has 2 aromatic rings. The summed E-state index contributed by atoms with van der Waals surface area (Å²) < 4.78 is 18.8. The second kappa shape index (κ2) is 6.08. The van der Waals surface area contributed by atoms with Gasteiger partial charge in [0.25, 0.3) is 0 Å². The fourth-order valence-corrected chi connectivity index (χ4v) is 2.00. The smallest absolute Gasteiger partial charge is 0.166 e. The van der Waals surface area contributed by atoms with Gasteiger partial charge in [-0.1, -0.05) is 29.3 Å². The standard InChI is InChI=1S/C13H11Cl2FN2O/c1-19-12-4-2-3-10(15)9(12)7-18-13-11(16)5-8(14)6-17-13/h2-6H,7H2,1H3,(H,17,18). The van der Waals surface area contributed by atoms with Crippen LogP contribution in [0.25, 0.3) is 0 Å². The van der Waals surface area contributed by atoms with Gasteiger partial charge in [0.2, 0.25) is 0 Å². The van der Waals surface area contributed by atoms with Gasteiger partial charge in [0, 0.05) is 23.3 Å². The average Bonchev–Trinajstić information content (AvgIpc) is 2.39. The molecule has 0 fully saturated rings. The molecule has 0 aliphatic rings. The molecular formula is C13H11Cl2FN2O. The molecule has 0 saturated heterocycles. The molecule has 0 aliphatic carbocycles. The van der Waals surface area contributed by atoms with E-state index >= 15 is 0 Å². The number of aromatic nitrogens is 1. The highest BCUT2D eigenvalue weighted by Gasteiger charge is 2.09. The Morgan fingerprint density at radius 3 is 2.84 bits per heavy atom. The summed E-state index contributed by atoms with van der Waals surface area (Å²) in [6.07, 6.45) is 1.37. The van der Waals surface area contributed by atoms with Crippen molar-refractivity contribution in [2.45, 2.75) is 6.54 Å². The predicted octanol–water partition coefficient (Wildman–Crippen LogP) is 4.15. The Morgan fingerprint density at radius 1 is 1.37 bits per heavy atom. The Balaban J connectivity index is 2.19. The minimum atomic E-state index is -0.515. The first-order valence-corrected chi connectivity index (χ1v) is 6.23. The van der Waals surface area contributed by atoms with Crippen molar-refractivity contribution >= 4 is 29.0 Å². The number of benzene rings is 1. The van der Waals surface area contributed by atoms with E-state index in [-0.39, 0.29) is 10.8 Å². The number of nitrogens with zero attached hydrogens (tertiary/aromatic N) is 1. The van der Waals surface area contributed by atoms with E-state index in [1.54, 1.807) is 25.3 Å². The first kappa shape index (κ1) is 13.9. The molecule has 19 heavy (non-hydrogen) atoms. The van der Waals surface area contributed by atoms with Gasteiger partial charge >= 0.3 is 0 Å². The van der Waals surface area contributed by atoms with E-state index < -0.39 is 5.82 Å². The van der Waals surface area contributed by atoms with Gasteiger partial charge in [-0.25, -0.2) is 9.37 Å². The molecule has 0 spiro atoms. The van der Waals surface area contributed by atoms with Crippen LogP contribution >= 0.6 is 23.2 Å². The molecule has 0 saturated carbocycles. The summed E-state index contributed by atoms with van der Waals surface area (Å²) in [6.45, 7) is 0.300. The largest absolute Gasteiger partial charge is 0.496 e. The number of hydrogen-bond acceptors (Lipinski definition) is 3. The van der Waals surface area contributed by atoms with Crippen LogP contribution in [-0.4, -0.2) is 12.1 Å². The lowest BCUT2D eigenvalue weighted by atomic mass is 10.2. The maximum atomic E-state index is 13.6. The number of pyridine rings is 1. The van der Waals surface area contributed by atoms with E-state index in [9.17, 15) is 4.39 Å². The Bertz CT molecular complexity index is 593. The van der Waals surface area contributed by atoms with Crippen molar-refractivity contribution in [1.82, 2.24) is 4.98 Å². The van der Waals surface area contributed by atoms with Crippen LogP contribution in [0.4, 0.5) is 10.2 Å². The summed E-state index contributed by atoms with van der Waals surface area (Å²) in [7, 11) is 1.55. The summed E-state index contributed by atoms with van der Waals surface area (Å²) in [4.78, 5) is 3.88. The van der Waals surface area contributed by atoms with Crippen molar-refractivity contribution in [2.24, 2.45) is 0 Å². The second-order valence-corrected chi connectivity index (χ2v) is 4.60. The molecule has 0 unspecified atom stereocenters. The number of anilines is 1. The third kappa shape index (κ3) is 3.28. The molecule has 0 amide bonds. The quantitative estimate of drug-likeness (QED) is 0.921. The molecule has 1 N–H and O–H groups in total. The number of hydrogen-bond donors (Lipinski definition) is 1. The number of nitrogens with one attached hydrogen (secondary N) is 1. The Kier molecular flexibility index (Phi) is 4.45. The van der Waals surface area contributed by atoms with Gasteiger partial charge < -0.3 is 10.1 Å². The molecule has 6 heteroatoms. The Hall–Kier alpha value is -1.52. The van der Waals surface area contributed by atoms with Crippen LogP contribution in [0.2, 0.25) is 10.0 Å². The zero-order valence-electron chi connectivity index (χ0n) is 10.1. The zero-order valence-corrected chi connectivity index (χ0v) is 11.6. The third-order valence-electron chi connectivity index (χ3n) is 2.54. The van der Waals surface area contributed by atoms with Crippen LogP contribution in [0.5, 0.6) is 5.75 Å². The second-order valence-electron chi connectivity index (χ2n) is 3.76. The normalized spacial score (nSPS) is 10.3. The summed E-state index contributed by atoms with van der Waals surface area (Å²) in [5.74, 6) is 0.235. The van der Waals surface area contributed by atoms with Crippen LogP contribution in [0.15, 0.2) is 30.5 Å². The van der Waals surface area contributed by atoms with Crippen molar-refractivity contribution in [3.05, 3.63) is 51.9 Å².